The first kappa shape index (κ1) is 17.4. The average molecular weight is 379 g/mol. The van der Waals surface area contributed by atoms with E-state index in [1.165, 1.54) is 4.88 Å². The lowest BCUT2D eigenvalue weighted by Crippen LogP contribution is -2.39. The van der Waals surface area contributed by atoms with Crippen LogP contribution in [0.1, 0.15) is 11.8 Å². The SMILES string of the molecule is C=CCNC(=NC)NCC(C)Cc1cccs1.I. The first-order valence-corrected chi connectivity index (χ1v) is 6.72. The molecule has 1 rings (SSSR count). The van der Waals surface area contributed by atoms with Crippen molar-refractivity contribution < 1.29 is 0 Å². The lowest BCUT2D eigenvalue weighted by Gasteiger charge is -2.14. The highest BCUT2D eigenvalue weighted by Crippen LogP contribution is 2.13. The third-order valence-corrected chi connectivity index (χ3v) is 3.28. The quantitative estimate of drug-likeness (QED) is 0.345. The van der Waals surface area contributed by atoms with E-state index in [9.17, 15) is 0 Å². The van der Waals surface area contributed by atoms with Gasteiger partial charge in [0.15, 0.2) is 5.96 Å². The van der Waals surface area contributed by atoms with Crippen LogP contribution in [0.2, 0.25) is 0 Å². The number of hydrogen-bond donors (Lipinski definition) is 2. The molecule has 102 valence electrons. The first-order valence-electron chi connectivity index (χ1n) is 5.84. The molecule has 0 aromatic carbocycles. The summed E-state index contributed by atoms with van der Waals surface area (Å²) in [5.41, 5.74) is 0. The molecule has 2 N–H and O–H groups in total. The molecule has 0 aliphatic heterocycles. The molecule has 0 fully saturated rings. The maximum Gasteiger partial charge on any atom is 0.191 e. The van der Waals surface area contributed by atoms with Crippen LogP contribution >= 0.6 is 35.3 Å². The summed E-state index contributed by atoms with van der Waals surface area (Å²) in [5.74, 6) is 1.43. The van der Waals surface area contributed by atoms with Crippen LogP contribution in [0.4, 0.5) is 0 Å². The van der Waals surface area contributed by atoms with Crippen molar-refractivity contribution in [1.29, 1.82) is 0 Å². The molecule has 18 heavy (non-hydrogen) atoms. The molecular formula is C13H22IN3S. The zero-order chi connectivity index (χ0) is 12.5. The number of nitrogens with zero attached hydrogens (tertiary/aromatic N) is 1. The van der Waals surface area contributed by atoms with Crippen molar-refractivity contribution in [1.82, 2.24) is 10.6 Å². The molecule has 1 atom stereocenters. The van der Waals surface area contributed by atoms with Crippen molar-refractivity contribution in [3.63, 3.8) is 0 Å². The molecule has 1 unspecified atom stereocenters. The molecule has 0 saturated heterocycles. The zero-order valence-corrected chi connectivity index (χ0v) is 14.1. The summed E-state index contributed by atoms with van der Waals surface area (Å²) in [7, 11) is 1.78. The lowest BCUT2D eigenvalue weighted by molar-refractivity contribution is 0.563. The van der Waals surface area contributed by atoms with Gasteiger partial charge in [-0.15, -0.1) is 41.9 Å². The molecule has 0 saturated carbocycles. The van der Waals surface area contributed by atoms with Crippen LogP contribution in [0, 0.1) is 5.92 Å². The van der Waals surface area contributed by atoms with E-state index >= 15 is 0 Å². The second kappa shape index (κ2) is 10.4. The molecule has 0 amide bonds. The van der Waals surface area contributed by atoms with Crippen LogP contribution in [0.3, 0.4) is 0 Å². The van der Waals surface area contributed by atoms with E-state index in [1.54, 1.807) is 7.05 Å². The maximum absolute atomic E-state index is 4.14. The van der Waals surface area contributed by atoms with Crippen molar-refractivity contribution in [3.05, 3.63) is 35.0 Å². The van der Waals surface area contributed by atoms with Crippen LogP contribution in [0.25, 0.3) is 0 Å². The van der Waals surface area contributed by atoms with Crippen LogP contribution < -0.4 is 10.6 Å². The summed E-state index contributed by atoms with van der Waals surface area (Å²) in [6, 6.07) is 4.29. The van der Waals surface area contributed by atoms with Gasteiger partial charge in [-0.1, -0.05) is 19.1 Å². The highest BCUT2D eigenvalue weighted by molar-refractivity contribution is 14.0. The topological polar surface area (TPSA) is 36.4 Å². The van der Waals surface area contributed by atoms with E-state index < -0.39 is 0 Å². The van der Waals surface area contributed by atoms with Gasteiger partial charge in [0, 0.05) is 25.0 Å². The Kier molecular flexibility index (Phi) is 10.0. The van der Waals surface area contributed by atoms with Gasteiger partial charge in [0.1, 0.15) is 0 Å². The summed E-state index contributed by atoms with van der Waals surface area (Å²) in [5, 5.41) is 8.59. The van der Waals surface area contributed by atoms with Crippen LogP contribution in [0.5, 0.6) is 0 Å². The van der Waals surface area contributed by atoms with Crippen molar-refractivity contribution in [2.24, 2.45) is 10.9 Å². The van der Waals surface area contributed by atoms with E-state index in [2.05, 4.69) is 46.6 Å². The maximum atomic E-state index is 4.14. The average Bonchev–Trinajstić information content (AvgIpc) is 2.82. The molecule has 0 aliphatic rings. The second-order valence-corrected chi connectivity index (χ2v) is 5.04. The van der Waals surface area contributed by atoms with Gasteiger partial charge < -0.3 is 10.6 Å². The van der Waals surface area contributed by atoms with Gasteiger partial charge in [0.25, 0.3) is 0 Å². The van der Waals surface area contributed by atoms with Gasteiger partial charge in [-0.3, -0.25) is 4.99 Å². The Morgan fingerprint density at radius 1 is 1.56 bits per heavy atom. The largest absolute Gasteiger partial charge is 0.356 e. The molecule has 0 spiro atoms. The number of nitrogens with one attached hydrogen (secondary N) is 2. The third kappa shape index (κ3) is 7.00. The Morgan fingerprint density at radius 2 is 2.33 bits per heavy atom. The Balaban J connectivity index is 0.00000289. The van der Waals surface area contributed by atoms with Crippen LogP contribution in [0.15, 0.2) is 35.2 Å². The molecule has 1 heterocycles. The summed E-state index contributed by atoms with van der Waals surface area (Å²) in [6.07, 6.45) is 2.94. The van der Waals surface area contributed by atoms with E-state index in [1.807, 2.05) is 17.4 Å². The summed E-state index contributed by atoms with van der Waals surface area (Å²) < 4.78 is 0. The Labute approximate surface area is 131 Å². The number of guanidine groups is 1. The summed E-state index contributed by atoms with van der Waals surface area (Å²) in [4.78, 5) is 5.58. The Morgan fingerprint density at radius 3 is 2.89 bits per heavy atom. The van der Waals surface area contributed by atoms with Crippen LogP contribution in [-0.4, -0.2) is 26.1 Å². The predicted molar refractivity (Wildman–Crippen MR) is 92.2 cm³/mol. The molecule has 0 aliphatic carbocycles. The summed E-state index contributed by atoms with van der Waals surface area (Å²) in [6.45, 7) is 7.57. The molecule has 1 aromatic rings. The minimum Gasteiger partial charge on any atom is -0.356 e. The number of aliphatic imine (C=N–C) groups is 1. The van der Waals surface area contributed by atoms with Crippen molar-refractivity contribution in [2.75, 3.05) is 20.1 Å². The van der Waals surface area contributed by atoms with Crippen molar-refractivity contribution in [3.8, 4) is 0 Å². The smallest absolute Gasteiger partial charge is 0.191 e. The molecule has 1 aromatic heterocycles. The predicted octanol–water partition coefficient (Wildman–Crippen LogP) is 2.90. The molecule has 0 radical (unpaired) electrons. The number of halogens is 1. The minimum absolute atomic E-state index is 0. The van der Waals surface area contributed by atoms with E-state index in [0.29, 0.717) is 5.92 Å². The second-order valence-electron chi connectivity index (χ2n) is 4.01. The van der Waals surface area contributed by atoms with Gasteiger partial charge in [0.2, 0.25) is 0 Å². The fourth-order valence-corrected chi connectivity index (χ4v) is 2.37. The van der Waals surface area contributed by atoms with Gasteiger partial charge in [-0.2, -0.15) is 0 Å². The van der Waals surface area contributed by atoms with E-state index in [0.717, 1.165) is 25.5 Å². The number of thiophene rings is 1. The monoisotopic (exact) mass is 379 g/mol. The minimum atomic E-state index is 0. The standard InChI is InChI=1S/C13H21N3S.HI/c1-4-7-15-13(14-3)16-10-11(2)9-12-6-5-8-17-12;/h4-6,8,11H,1,7,9-10H2,2-3H3,(H2,14,15,16);1H. The van der Waals surface area contributed by atoms with Crippen molar-refractivity contribution in [2.45, 2.75) is 13.3 Å². The highest BCUT2D eigenvalue weighted by Gasteiger charge is 2.05. The third-order valence-electron chi connectivity index (χ3n) is 2.39. The zero-order valence-electron chi connectivity index (χ0n) is 11.0. The fraction of sp³-hybridized carbons (Fsp3) is 0.462. The molecular weight excluding hydrogens is 357 g/mol. The highest BCUT2D eigenvalue weighted by atomic mass is 127. The number of hydrogen-bond acceptors (Lipinski definition) is 2. The van der Waals surface area contributed by atoms with Crippen molar-refractivity contribution >= 4 is 41.3 Å². The lowest BCUT2D eigenvalue weighted by atomic mass is 10.1. The van der Waals surface area contributed by atoms with E-state index in [4.69, 9.17) is 0 Å². The van der Waals surface area contributed by atoms with Gasteiger partial charge in [0.05, 0.1) is 0 Å². The fourth-order valence-electron chi connectivity index (χ4n) is 1.50. The first-order chi connectivity index (χ1) is 8.26. The van der Waals surface area contributed by atoms with E-state index in [-0.39, 0.29) is 24.0 Å². The van der Waals surface area contributed by atoms with Gasteiger partial charge >= 0.3 is 0 Å². The number of rotatable bonds is 6. The Hall–Kier alpha value is -0.560. The summed E-state index contributed by atoms with van der Waals surface area (Å²) >= 11 is 1.82. The Bertz CT molecular complexity index is 349. The van der Waals surface area contributed by atoms with Gasteiger partial charge in [-0.05, 0) is 23.8 Å². The molecule has 5 heteroatoms. The molecule has 3 nitrogen and oxygen atoms in total. The van der Waals surface area contributed by atoms with Gasteiger partial charge in [-0.25, -0.2) is 0 Å². The normalized spacial score (nSPS) is 12.4. The molecule has 0 bridgehead atoms. The van der Waals surface area contributed by atoms with Crippen LogP contribution in [-0.2, 0) is 6.42 Å².